The Bertz CT molecular complexity index is 1790. The van der Waals surface area contributed by atoms with E-state index < -0.39 is 15.7 Å². The van der Waals surface area contributed by atoms with Crippen molar-refractivity contribution in [1.29, 1.82) is 0 Å². The number of aromatic nitrogens is 6. The fraction of sp³-hybridized carbons (Fsp3) is 0.214. The zero-order valence-corrected chi connectivity index (χ0v) is 22.9. The van der Waals surface area contributed by atoms with Crippen LogP contribution in [0, 0.1) is 6.92 Å². The molecule has 0 bridgehead atoms. The molecule has 0 fully saturated rings. The van der Waals surface area contributed by atoms with Gasteiger partial charge >= 0.3 is 0 Å². The number of anilines is 1. The summed E-state index contributed by atoms with van der Waals surface area (Å²) < 4.78 is 25.7. The van der Waals surface area contributed by atoms with E-state index in [2.05, 4.69) is 30.2 Å². The van der Waals surface area contributed by atoms with Gasteiger partial charge in [0.25, 0.3) is 5.91 Å². The van der Waals surface area contributed by atoms with Gasteiger partial charge < -0.3 is 15.2 Å². The molecule has 0 aromatic carbocycles. The summed E-state index contributed by atoms with van der Waals surface area (Å²) in [5.41, 5.74) is 2.93. The maximum Gasteiger partial charge on any atom is 0.253 e. The van der Waals surface area contributed by atoms with Gasteiger partial charge in [0.1, 0.15) is 11.6 Å². The molecule has 0 aliphatic carbocycles. The summed E-state index contributed by atoms with van der Waals surface area (Å²) in [6.45, 7) is 3.78. The van der Waals surface area contributed by atoms with Crippen molar-refractivity contribution in [2.24, 2.45) is 0 Å². The predicted molar refractivity (Wildman–Crippen MR) is 151 cm³/mol. The maximum atomic E-state index is 12.6. The number of fused-ring (bicyclic) bond motifs is 1. The first-order valence-corrected chi connectivity index (χ1v) is 14.5. The number of hydrogen-bond acceptors (Lipinski definition) is 9. The van der Waals surface area contributed by atoms with Crippen LogP contribution in [0.4, 0.5) is 5.82 Å². The zero-order valence-electron chi connectivity index (χ0n) is 22.1. The van der Waals surface area contributed by atoms with Crippen LogP contribution < -0.4 is 10.6 Å². The van der Waals surface area contributed by atoms with Crippen molar-refractivity contribution >= 4 is 32.5 Å². The Morgan fingerprint density at radius 2 is 1.85 bits per heavy atom. The number of amides is 1. The number of sulfone groups is 1. The van der Waals surface area contributed by atoms with Crippen molar-refractivity contribution < 1.29 is 13.2 Å². The number of imidazole rings is 1. The second-order valence-corrected chi connectivity index (χ2v) is 11.3. The SMILES string of the molecule is Cc1nccn1CCCNc1cccc(-c2ccc3cnc(CNC(=O)c4cncc(S(C)(=O)=O)c4)cc3n2)n1. The van der Waals surface area contributed by atoms with Crippen LogP contribution in [0.15, 0.2) is 78.3 Å². The third-order valence-corrected chi connectivity index (χ3v) is 7.36. The molecule has 0 saturated heterocycles. The number of nitrogens with zero attached hydrogens (tertiary/aromatic N) is 6. The van der Waals surface area contributed by atoms with Gasteiger partial charge in [0, 0.05) is 55.7 Å². The largest absolute Gasteiger partial charge is 0.370 e. The lowest BCUT2D eigenvalue weighted by molar-refractivity contribution is 0.0950. The van der Waals surface area contributed by atoms with Gasteiger partial charge in [-0.25, -0.2) is 23.4 Å². The Kier molecular flexibility index (Phi) is 7.78. The molecule has 12 heteroatoms. The minimum atomic E-state index is -3.47. The first kappa shape index (κ1) is 26.9. The van der Waals surface area contributed by atoms with Crippen LogP contribution in [0.2, 0.25) is 0 Å². The van der Waals surface area contributed by atoms with Gasteiger partial charge in [-0.2, -0.15) is 0 Å². The third-order valence-electron chi connectivity index (χ3n) is 6.28. The van der Waals surface area contributed by atoms with E-state index in [1.165, 1.54) is 18.5 Å². The molecule has 1 amide bonds. The molecule has 40 heavy (non-hydrogen) atoms. The van der Waals surface area contributed by atoms with Crippen LogP contribution in [-0.4, -0.2) is 56.6 Å². The van der Waals surface area contributed by atoms with E-state index in [1.807, 2.05) is 49.5 Å². The molecule has 2 N–H and O–H groups in total. The van der Waals surface area contributed by atoms with E-state index in [9.17, 15) is 13.2 Å². The van der Waals surface area contributed by atoms with E-state index in [-0.39, 0.29) is 17.0 Å². The lowest BCUT2D eigenvalue weighted by Crippen LogP contribution is -2.23. The molecule has 0 radical (unpaired) electrons. The molecule has 5 heterocycles. The molecule has 0 unspecified atom stereocenters. The smallest absolute Gasteiger partial charge is 0.253 e. The summed E-state index contributed by atoms with van der Waals surface area (Å²) in [6, 6.07) is 12.7. The molecule has 11 nitrogen and oxygen atoms in total. The predicted octanol–water partition coefficient (Wildman–Crippen LogP) is 3.43. The Labute approximate surface area is 231 Å². The summed E-state index contributed by atoms with van der Waals surface area (Å²) in [6.07, 6.45) is 10.0. The minimum absolute atomic E-state index is 0.0156. The van der Waals surface area contributed by atoms with Crippen LogP contribution >= 0.6 is 0 Å². The normalized spacial score (nSPS) is 11.4. The van der Waals surface area contributed by atoms with Gasteiger partial charge in [0.2, 0.25) is 0 Å². The third kappa shape index (κ3) is 6.46. The molecule has 5 rings (SSSR count). The van der Waals surface area contributed by atoms with Crippen LogP contribution in [0.25, 0.3) is 22.3 Å². The highest BCUT2D eigenvalue weighted by molar-refractivity contribution is 7.90. The van der Waals surface area contributed by atoms with Gasteiger partial charge in [0.15, 0.2) is 9.84 Å². The highest BCUT2D eigenvalue weighted by atomic mass is 32.2. The van der Waals surface area contributed by atoms with E-state index in [0.717, 1.165) is 54.2 Å². The van der Waals surface area contributed by atoms with Gasteiger partial charge in [0.05, 0.1) is 39.6 Å². The lowest BCUT2D eigenvalue weighted by atomic mass is 10.2. The summed E-state index contributed by atoms with van der Waals surface area (Å²) >= 11 is 0. The Morgan fingerprint density at radius 1 is 1.00 bits per heavy atom. The molecule has 0 atom stereocenters. The first-order chi connectivity index (χ1) is 19.3. The topological polar surface area (TPSA) is 145 Å². The second-order valence-electron chi connectivity index (χ2n) is 9.29. The van der Waals surface area contributed by atoms with Crippen molar-refractivity contribution in [2.75, 3.05) is 18.1 Å². The Hall–Kier alpha value is -4.71. The summed E-state index contributed by atoms with van der Waals surface area (Å²) in [5.74, 6) is 1.32. The number of aryl methyl sites for hydroxylation is 2. The summed E-state index contributed by atoms with van der Waals surface area (Å²) in [4.78, 5) is 34.6. The van der Waals surface area contributed by atoms with Crippen LogP contribution in [0.5, 0.6) is 0 Å². The zero-order chi connectivity index (χ0) is 28.1. The number of nitrogens with one attached hydrogen (secondary N) is 2. The number of carbonyl (C=O) groups excluding carboxylic acids is 1. The van der Waals surface area contributed by atoms with Crippen molar-refractivity contribution in [3.8, 4) is 11.4 Å². The number of hydrogen-bond donors (Lipinski definition) is 2. The fourth-order valence-corrected chi connectivity index (χ4v) is 4.69. The van der Waals surface area contributed by atoms with Gasteiger partial charge in [-0.05, 0) is 49.7 Å². The molecule has 204 valence electrons. The van der Waals surface area contributed by atoms with Crippen molar-refractivity contribution in [2.45, 2.75) is 31.3 Å². The lowest BCUT2D eigenvalue weighted by Gasteiger charge is -2.09. The highest BCUT2D eigenvalue weighted by Crippen LogP contribution is 2.21. The highest BCUT2D eigenvalue weighted by Gasteiger charge is 2.13. The molecule has 0 aliphatic heterocycles. The van der Waals surface area contributed by atoms with Crippen molar-refractivity contribution in [3.63, 3.8) is 0 Å². The second kappa shape index (κ2) is 11.6. The van der Waals surface area contributed by atoms with E-state index >= 15 is 0 Å². The van der Waals surface area contributed by atoms with Crippen LogP contribution in [0.3, 0.4) is 0 Å². The fourth-order valence-electron chi connectivity index (χ4n) is 4.10. The molecule has 5 aromatic rings. The van der Waals surface area contributed by atoms with Gasteiger partial charge in [-0.1, -0.05) is 6.07 Å². The molecule has 0 aliphatic rings. The molecule has 0 spiro atoms. The standard InChI is InChI=1S/C28H28N8O3S/c1-19-30-10-12-36(19)11-4-9-31-27-6-3-5-24(35-27)25-8-7-20-16-32-22(14-26(20)34-25)17-33-28(37)21-13-23(18-29-15-21)40(2,38)39/h3,5-8,10,12-16,18H,4,9,11,17H2,1-2H3,(H,31,35)(H,33,37). The van der Waals surface area contributed by atoms with Crippen LogP contribution in [-0.2, 0) is 22.9 Å². The average molecular weight is 557 g/mol. The molecular formula is C28H28N8O3S. The molecule has 5 aromatic heterocycles. The van der Waals surface area contributed by atoms with E-state index in [0.29, 0.717) is 11.2 Å². The monoisotopic (exact) mass is 556 g/mol. The minimum Gasteiger partial charge on any atom is -0.370 e. The summed E-state index contributed by atoms with van der Waals surface area (Å²) in [5, 5.41) is 6.99. The number of rotatable bonds is 10. The van der Waals surface area contributed by atoms with Crippen molar-refractivity contribution in [1.82, 2.24) is 34.8 Å². The van der Waals surface area contributed by atoms with Gasteiger partial charge in [-0.15, -0.1) is 0 Å². The first-order valence-electron chi connectivity index (χ1n) is 12.6. The average Bonchev–Trinajstić information content (AvgIpc) is 3.37. The Morgan fingerprint density at radius 3 is 2.65 bits per heavy atom. The maximum absolute atomic E-state index is 12.6. The number of pyridine rings is 4. The Balaban J connectivity index is 1.24. The van der Waals surface area contributed by atoms with Crippen LogP contribution in [0.1, 0.15) is 28.3 Å². The summed E-state index contributed by atoms with van der Waals surface area (Å²) in [7, 11) is -3.47. The molecule has 0 saturated carbocycles. The van der Waals surface area contributed by atoms with Crippen molar-refractivity contribution in [3.05, 3.63) is 90.5 Å². The van der Waals surface area contributed by atoms with Gasteiger partial charge in [-0.3, -0.25) is 14.8 Å². The van der Waals surface area contributed by atoms with E-state index in [1.54, 1.807) is 12.4 Å². The quantitative estimate of drug-likeness (QED) is 0.247. The number of carbonyl (C=O) groups is 1. The van der Waals surface area contributed by atoms with E-state index in [4.69, 9.17) is 9.97 Å². The molecular weight excluding hydrogens is 528 g/mol.